The Morgan fingerprint density at radius 3 is 2.33 bits per heavy atom. The van der Waals surface area contributed by atoms with Crippen molar-refractivity contribution in [2.75, 3.05) is 0 Å². The van der Waals surface area contributed by atoms with E-state index >= 15 is 0 Å². The number of halogens is 1. The SMILES string of the molecule is O=S(=O)(F)c1cccc(S(=O)(=O)NC2CC3CCC2C3)c1. The van der Waals surface area contributed by atoms with Gasteiger partial charge in [-0.3, -0.25) is 0 Å². The molecule has 8 heteroatoms. The fourth-order valence-electron chi connectivity index (χ4n) is 3.45. The summed E-state index contributed by atoms with van der Waals surface area (Å²) in [6.45, 7) is 0. The Balaban J connectivity index is 1.85. The lowest BCUT2D eigenvalue weighted by atomic mass is 9.96. The molecule has 1 aromatic carbocycles. The average Bonchev–Trinajstić information content (AvgIpc) is 2.99. The molecule has 3 rings (SSSR count). The number of nitrogens with one attached hydrogen (secondary N) is 1. The van der Waals surface area contributed by atoms with Gasteiger partial charge in [0.25, 0.3) is 0 Å². The molecule has 1 N–H and O–H groups in total. The molecule has 0 aromatic heterocycles. The van der Waals surface area contributed by atoms with Gasteiger partial charge in [0, 0.05) is 6.04 Å². The van der Waals surface area contributed by atoms with Crippen LogP contribution in [-0.4, -0.2) is 22.9 Å². The van der Waals surface area contributed by atoms with Crippen LogP contribution in [0.5, 0.6) is 0 Å². The molecule has 0 saturated heterocycles. The molecule has 21 heavy (non-hydrogen) atoms. The van der Waals surface area contributed by atoms with Crippen LogP contribution in [0.2, 0.25) is 0 Å². The van der Waals surface area contributed by atoms with E-state index in [1.54, 1.807) is 0 Å². The van der Waals surface area contributed by atoms with Crippen molar-refractivity contribution in [2.45, 2.75) is 41.5 Å². The van der Waals surface area contributed by atoms with Crippen LogP contribution in [0.25, 0.3) is 0 Å². The molecule has 116 valence electrons. The highest BCUT2D eigenvalue weighted by molar-refractivity contribution is 7.89. The molecule has 0 radical (unpaired) electrons. The number of rotatable bonds is 4. The van der Waals surface area contributed by atoms with Gasteiger partial charge in [0.05, 0.1) is 9.79 Å². The fourth-order valence-corrected chi connectivity index (χ4v) is 5.40. The van der Waals surface area contributed by atoms with Crippen LogP contribution in [0.3, 0.4) is 0 Å². The van der Waals surface area contributed by atoms with Gasteiger partial charge < -0.3 is 0 Å². The van der Waals surface area contributed by atoms with Gasteiger partial charge in [0.15, 0.2) is 0 Å². The van der Waals surface area contributed by atoms with Gasteiger partial charge in [0.2, 0.25) is 10.0 Å². The Bertz CT molecular complexity index is 760. The van der Waals surface area contributed by atoms with Gasteiger partial charge in [-0.1, -0.05) is 12.5 Å². The van der Waals surface area contributed by atoms with E-state index < -0.39 is 25.1 Å². The van der Waals surface area contributed by atoms with Crippen molar-refractivity contribution in [3.63, 3.8) is 0 Å². The zero-order valence-electron chi connectivity index (χ0n) is 11.2. The largest absolute Gasteiger partial charge is 0.332 e. The van der Waals surface area contributed by atoms with Crippen LogP contribution >= 0.6 is 0 Å². The number of benzene rings is 1. The summed E-state index contributed by atoms with van der Waals surface area (Å²) in [5.74, 6) is 0.943. The summed E-state index contributed by atoms with van der Waals surface area (Å²) in [7, 11) is -8.74. The van der Waals surface area contributed by atoms with Crippen molar-refractivity contribution < 1.29 is 20.7 Å². The van der Waals surface area contributed by atoms with E-state index in [1.807, 2.05) is 0 Å². The predicted molar refractivity (Wildman–Crippen MR) is 74.3 cm³/mol. The maximum atomic E-state index is 13.0. The van der Waals surface area contributed by atoms with Crippen molar-refractivity contribution in [3.8, 4) is 0 Å². The van der Waals surface area contributed by atoms with Gasteiger partial charge >= 0.3 is 10.2 Å². The van der Waals surface area contributed by atoms with Crippen LogP contribution in [0.15, 0.2) is 34.1 Å². The van der Waals surface area contributed by atoms with Crippen molar-refractivity contribution in [1.82, 2.24) is 4.72 Å². The minimum Gasteiger partial charge on any atom is -0.208 e. The second-order valence-corrected chi connectivity index (χ2v) is 8.88. The first-order valence-electron chi connectivity index (χ1n) is 6.83. The normalized spacial score (nSPS) is 28.9. The summed E-state index contributed by atoms with van der Waals surface area (Å²) in [6, 6.07) is 4.28. The summed E-state index contributed by atoms with van der Waals surface area (Å²) in [6.07, 6.45) is 4.05. The highest BCUT2D eigenvalue weighted by atomic mass is 32.3. The molecule has 2 aliphatic rings. The molecular formula is C13H16FNO4S2. The second kappa shape index (κ2) is 5.03. The van der Waals surface area contributed by atoms with E-state index in [-0.39, 0.29) is 10.9 Å². The molecular weight excluding hydrogens is 317 g/mol. The summed E-state index contributed by atoms with van der Waals surface area (Å²) < 4.78 is 62.0. The first-order chi connectivity index (χ1) is 9.75. The van der Waals surface area contributed by atoms with Crippen LogP contribution < -0.4 is 4.72 Å². The predicted octanol–water partition coefficient (Wildman–Crippen LogP) is 1.81. The zero-order valence-corrected chi connectivity index (χ0v) is 12.8. The quantitative estimate of drug-likeness (QED) is 0.852. The third-order valence-electron chi connectivity index (χ3n) is 4.44. The molecule has 0 amide bonds. The van der Waals surface area contributed by atoms with Crippen LogP contribution in [0.1, 0.15) is 25.7 Å². The van der Waals surface area contributed by atoms with E-state index in [1.165, 1.54) is 12.1 Å². The Morgan fingerprint density at radius 2 is 1.76 bits per heavy atom. The smallest absolute Gasteiger partial charge is 0.208 e. The summed E-state index contributed by atoms with van der Waals surface area (Å²) in [4.78, 5) is -0.859. The van der Waals surface area contributed by atoms with Crippen LogP contribution in [0, 0.1) is 11.8 Å². The Kier molecular flexibility index (Phi) is 3.58. The first kappa shape index (κ1) is 14.9. The Hall–Kier alpha value is -0.990. The van der Waals surface area contributed by atoms with Gasteiger partial charge in [0.1, 0.15) is 0 Å². The topological polar surface area (TPSA) is 80.3 Å². The molecule has 0 spiro atoms. The molecule has 2 bridgehead atoms. The maximum absolute atomic E-state index is 13.0. The number of hydrogen-bond acceptors (Lipinski definition) is 4. The van der Waals surface area contributed by atoms with Crippen molar-refractivity contribution in [3.05, 3.63) is 24.3 Å². The molecule has 3 atom stereocenters. The molecule has 0 heterocycles. The lowest BCUT2D eigenvalue weighted by molar-refractivity contribution is 0.390. The van der Waals surface area contributed by atoms with Gasteiger partial charge in [-0.15, -0.1) is 3.89 Å². The van der Waals surface area contributed by atoms with Gasteiger partial charge in [-0.25, -0.2) is 13.1 Å². The van der Waals surface area contributed by atoms with E-state index in [9.17, 15) is 20.7 Å². The lowest BCUT2D eigenvalue weighted by Gasteiger charge is -2.22. The Labute approximate surface area is 123 Å². The number of sulfonamides is 1. The summed E-state index contributed by atoms with van der Waals surface area (Å²) >= 11 is 0. The summed E-state index contributed by atoms with van der Waals surface area (Å²) in [5, 5.41) is 0. The van der Waals surface area contributed by atoms with E-state index in [2.05, 4.69) is 4.72 Å². The molecule has 1 aromatic rings. The van der Waals surface area contributed by atoms with E-state index in [0.29, 0.717) is 11.8 Å². The second-order valence-electron chi connectivity index (χ2n) is 5.82. The summed E-state index contributed by atoms with van der Waals surface area (Å²) in [5.41, 5.74) is 0. The lowest BCUT2D eigenvalue weighted by Crippen LogP contribution is -2.38. The molecule has 0 aliphatic heterocycles. The third-order valence-corrected chi connectivity index (χ3v) is 6.75. The van der Waals surface area contributed by atoms with Crippen molar-refractivity contribution >= 4 is 20.2 Å². The third kappa shape index (κ3) is 2.97. The fraction of sp³-hybridized carbons (Fsp3) is 0.538. The molecule has 5 nitrogen and oxygen atoms in total. The van der Waals surface area contributed by atoms with E-state index in [0.717, 1.165) is 37.8 Å². The molecule has 2 saturated carbocycles. The highest BCUT2D eigenvalue weighted by Gasteiger charge is 2.41. The maximum Gasteiger partial charge on any atom is 0.332 e. The monoisotopic (exact) mass is 333 g/mol. The van der Waals surface area contributed by atoms with Gasteiger partial charge in [-0.05, 0) is 49.3 Å². The van der Waals surface area contributed by atoms with Crippen LogP contribution in [0.4, 0.5) is 3.89 Å². The minimum absolute atomic E-state index is 0.0978. The Morgan fingerprint density at radius 1 is 1.05 bits per heavy atom. The number of hydrogen-bond donors (Lipinski definition) is 1. The van der Waals surface area contributed by atoms with Crippen molar-refractivity contribution in [1.29, 1.82) is 0 Å². The van der Waals surface area contributed by atoms with E-state index in [4.69, 9.17) is 0 Å². The average molecular weight is 333 g/mol. The van der Waals surface area contributed by atoms with Crippen molar-refractivity contribution in [2.24, 2.45) is 11.8 Å². The first-order valence-corrected chi connectivity index (χ1v) is 9.69. The minimum atomic E-state index is -4.91. The molecule has 2 aliphatic carbocycles. The zero-order chi connectivity index (χ0) is 15.3. The van der Waals surface area contributed by atoms with Gasteiger partial charge in [-0.2, -0.15) is 8.42 Å². The molecule has 2 fully saturated rings. The number of fused-ring (bicyclic) bond motifs is 2. The standard InChI is InChI=1S/C13H16FNO4S2/c14-20(16,17)11-2-1-3-12(8-11)21(18,19)15-13-7-9-4-5-10(13)6-9/h1-3,8-10,13,15H,4-7H2. The van der Waals surface area contributed by atoms with Crippen LogP contribution in [-0.2, 0) is 20.2 Å². The highest BCUT2D eigenvalue weighted by Crippen LogP contribution is 2.44. The molecule has 3 unspecified atom stereocenters.